The largest absolute Gasteiger partial charge is 0.490 e. The Balaban J connectivity index is 1.26. The second-order valence-corrected chi connectivity index (χ2v) is 12.2. The smallest absolute Gasteiger partial charge is 0.337 e. The highest BCUT2D eigenvalue weighted by atomic mass is 32.1. The molecule has 0 bridgehead atoms. The average Bonchev–Trinajstić information content (AvgIpc) is 3.54. The van der Waals surface area contributed by atoms with Crippen LogP contribution in [0.4, 0.5) is 4.79 Å². The summed E-state index contributed by atoms with van der Waals surface area (Å²) < 4.78 is 18.7. The van der Waals surface area contributed by atoms with Crippen LogP contribution in [0.25, 0.3) is 5.00 Å². The number of hydrogen-bond acceptors (Lipinski definition) is 10. The van der Waals surface area contributed by atoms with Crippen molar-refractivity contribution in [1.82, 2.24) is 20.6 Å². The van der Waals surface area contributed by atoms with Crippen molar-refractivity contribution in [2.75, 3.05) is 20.3 Å². The Morgan fingerprint density at radius 3 is 2.76 bits per heavy atom. The molecule has 4 N–H and O–H groups in total. The molecule has 1 aromatic carbocycles. The van der Waals surface area contributed by atoms with Crippen LogP contribution in [0.3, 0.4) is 0 Å². The standard InChI is InChI=1S/C33H38N6O6S/c1-6-44-26-14-21(30-29(32(41)43-5)19(3)36-33(42)37-30)11-12-25(26)45-17-28(40)38-35-16-22-13-18(2)39(20(22)4)31-24(15-34)23-9-7-8-10-27(23)46-31/h11-14,16,28,30,38,40H,6-10,17H2,1-5H3,(H2,36,37,42)/b35-16-/t28-,30-/m1/s1. The highest BCUT2D eigenvalue weighted by Gasteiger charge is 2.32. The summed E-state index contributed by atoms with van der Waals surface area (Å²) in [5.41, 5.74) is 8.74. The molecule has 2 amide bonds. The minimum atomic E-state index is -1.14. The number of carbonyl (C=O) groups is 2. The van der Waals surface area contributed by atoms with Crippen LogP contribution in [0, 0.1) is 25.2 Å². The van der Waals surface area contributed by atoms with E-state index in [1.54, 1.807) is 42.7 Å². The van der Waals surface area contributed by atoms with E-state index >= 15 is 0 Å². The molecule has 242 valence electrons. The molecule has 0 saturated heterocycles. The van der Waals surface area contributed by atoms with Gasteiger partial charge >= 0.3 is 12.0 Å². The van der Waals surface area contributed by atoms with Gasteiger partial charge in [0.05, 0.1) is 37.1 Å². The molecule has 2 aliphatic rings. The average molecular weight is 647 g/mol. The van der Waals surface area contributed by atoms with Crippen LogP contribution in [0.5, 0.6) is 11.5 Å². The normalized spacial score (nSPS) is 16.7. The van der Waals surface area contributed by atoms with Gasteiger partial charge in [0.25, 0.3) is 0 Å². The van der Waals surface area contributed by atoms with Gasteiger partial charge in [-0.3, -0.25) is 5.43 Å². The van der Waals surface area contributed by atoms with Crippen LogP contribution >= 0.6 is 11.3 Å². The second-order valence-electron chi connectivity index (χ2n) is 11.1. The number of hydrogen-bond donors (Lipinski definition) is 4. The number of methoxy groups -OCH3 is 1. The van der Waals surface area contributed by atoms with Gasteiger partial charge in [-0.2, -0.15) is 10.4 Å². The summed E-state index contributed by atoms with van der Waals surface area (Å²) in [6.07, 6.45) is 4.75. The second kappa shape index (κ2) is 14.1. The zero-order valence-corrected chi connectivity index (χ0v) is 27.3. The Hall–Kier alpha value is -4.80. The summed E-state index contributed by atoms with van der Waals surface area (Å²) in [7, 11) is 1.28. The fourth-order valence-electron chi connectivity index (χ4n) is 5.87. The molecule has 3 heterocycles. The highest BCUT2D eigenvalue weighted by molar-refractivity contribution is 7.15. The third kappa shape index (κ3) is 6.59. The molecule has 46 heavy (non-hydrogen) atoms. The van der Waals surface area contributed by atoms with Gasteiger partial charge in [0.1, 0.15) is 17.7 Å². The number of aryl methyl sites for hydroxylation is 2. The van der Waals surface area contributed by atoms with Crippen molar-refractivity contribution >= 4 is 29.6 Å². The number of aromatic nitrogens is 1. The number of carbonyl (C=O) groups excluding carboxylic acids is 2. The van der Waals surface area contributed by atoms with Crippen molar-refractivity contribution in [2.45, 2.75) is 65.6 Å². The van der Waals surface area contributed by atoms with Gasteiger partial charge in [-0.05, 0) is 82.7 Å². The lowest BCUT2D eigenvalue weighted by atomic mass is 9.95. The van der Waals surface area contributed by atoms with Crippen molar-refractivity contribution in [2.24, 2.45) is 5.10 Å². The van der Waals surface area contributed by atoms with Crippen LogP contribution in [-0.4, -0.2) is 54.4 Å². The fourth-order valence-corrected chi connectivity index (χ4v) is 7.32. The molecule has 2 aromatic heterocycles. The summed E-state index contributed by atoms with van der Waals surface area (Å²) in [5, 5.41) is 31.1. The zero-order valence-electron chi connectivity index (χ0n) is 26.5. The minimum Gasteiger partial charge on any atom is -0.490 e. The van der Waals surface area contributed by atoms with E-state index in [1.165, 1.54) is 17.6 Å². The van der Waals surface area contributed by atoms with E-state index in [2.05, 4.69) is 31.8 Å². The highest BCUT2D eigenvalue weighted by Crippen LogP contribution is 2.38. The number of amides is 2. The Kier molecular flexibility index (Phi) is 9.99. The maximum absolute atomic E-state index is 12.5. The van der Waals surface area contributed by atoms with E-state index in [-0.39, 0.29) is 12.2 Å². The van der Waals surface area contributed by atoms with Gasteiger partial charge in [0.15, 0.2) is 17.7 Å². The van der Waals surface area contributed by atoms with Gasteiger partial charge in [0, 0.05) is 27.5 Å². The van der Waals surface area contributed by atoms with Crippen molar-refractivity contribution in [3.8, 4) is 22.6 Å². The number of nitriles is 1. The molecule has 1 aliphatic heterocycles. The van der Waals surface area contributed by atoms with Crippen molar-refractivity contribution in [1.29, 1.82) is 5.26 Å². The number of urea groups is 1. The Bertz CT molecular complexity index is 1750. The third-order valence-electron chi connectivity index (χ3n) is 8.04. The molecule has 0 fully saturated rings. The van der Waals surface area contributed by atoms with Gasteiger partial charge in [-0.25, -0.2) is 9.59 Å². The lowest BCUT2D eigenvalue weighted by Gasteiger charge is -2.28. The van der Waals surface area contributed by atoms with Crippen LogP contribution in [0.1, 0.15) is 71.2 Å². The maximum Gasteiger partial charge on any atom is 0.337 e. The fraction of sp³-hybridized carbons (Fsp3) is 0.394. The molecular formula is C33H38N6O6S. The van der Waals surface area contributed by atoms with Crippen LogP contribution in [0.2, 0.25) is 0 Å². The number of esters is 1. The topological polar surface area (TPSA) is 159 Å². The number of nitrogens with zero attached hydrogens (tertiary/aromatic N) is 3. The maximum atomic E-state index is 12.5. The Morgan fingerprint density at radius 1 is 1.24 bits per heavy atom. The molecule has 13 heteroatoms. The van der Waals surface area contributed by atoms with Crippen molar-refractivity contribution in [3.63, 3.8) is 0 Å². The Labute approximate surface area is 271 Å². The molecule has 0 saturated carbocycles. The molecule has 2 atom stereocenters. The number of rotatable bonds is 11. The lowest BCUT2D eigenvalue weighted by molar-refractivity contribution is -0.136. The Morgan fingerprint density at radius 2 is 2.02 bits per heavy atom. The molecule has 0 unspecified atom stereocenters. The number of hydrazone groups is 1. The molecule has 0 radical (unpaired) electrons. The summed E-state index contributed by atoms with van der Waals surface area (Å²) in [6.45, 7) is 7.65. The molecule has 12 nitrogen and oxygen atoms in total. The van der Waals surface area contributed by atoms with E-state index in [9.17, 15) is 20.0 Å². The number of allylic oxidation sites excluding steroid dienone is 1. The quantitative estimate of drug-likeness (QED) is 0.103. The molecule has 0 spiro atoms. The zero-order chi connectivity index (χ0) is 33.0. The first-order valence-electron chi connectivity index (χ1n) is 15.1. The van der Waals surface area contributed by atoms with Crippen LogP contribution < -0.4 is 25.5 Å². The molecule has 3 aromatic rings. The first kappa shape index (κ1) is 32.6. The van der Waals surface area contributed by atoms with Gasteiger partial charge < -0.3 is 34.5 Å². The predicted molar refractivity (Wildman–Crippen MR) is 173 cm³/mol. The number of ether oxygens (including phenoxy) is 3. The van der Waals surface area contributed by atoms with Gasteiger partial charge in [0.2, 0.25) is 0 Å². The van der Waals surface area contributed by atoms with Crippen molar-refractivity contribution in [3.05, 3.63) is 74.1 Å². The van der Waals surface area contributed by atoms with Gasteiger partial charge in [-0.1, -0.05) is 6.07 Å². The number of nitrogens with one attached hydrogen (secondary N) is 3. The number of fused-ring (bicyclic) bond motifs is 1. The number of aliphatic hydroxyl groups excluding tert-OH is 1. The number of benzene rings is 1. The van der Waals surface area contributed by atoms with Crippen LogP contribution in [-0.2, 0) is 22.4 Å². The first-order valence-corrected chi connectivity index (χ1v) is 15.9. The summed E-state index contributed by atoms with van der Waals surface area (Å²) in [5.74, 6) is 0.179. The van der Waals surface area contributed by atoms with E-state index in [0.29, 0.717) is 29.4 Å². The number of aliphatic hydroxyl groups is 1. The monoisotopic (exact) mass is 646 g/mol. The van der Waals surface area contributed by atoms with E-state index in [0.717, 1.165) is 53.2 Å². The van der Waals surface area contributed by atoms with Gasteiger partial charge in [-0.15, -0.1) is 11.3 Å². The lowest BCUT2D eigenvalue weighted by Crippen LogP contribution is -2.45. The SMILES string of the molecule is CCOc1cc([C@H]2NC(=O)NC(C)=C2C(=O)OC)ccc1OC[C@@H](O)N/N=C\c1cc(C)n(-c2sc3c(c2C#N)CCCC3)c1C. The minimum absolute atomic E-state index is 0.140. The third-order valence-corrected chi connectivity index (χ3v) is 9.31. The van der Waals surface area contributed by atoms with E-state index < -0.39 is 24.3 Å². The first-order chi connectivity index (χ1) is 22.2. The van der Waals surface area contributed by atoms with E-state index in [1.807, 2.05) is 26.8 Å². The predicted octanol–water partition coefficient (Wildman–Crippen LogP) is 4.43. The van der Waals surface area contributed by atoms with Crippen molar-refractivity contribution < 1.29 is 28.9 Å². The van der Waals surface area contributed by atoms with E-state index in [4.69, 9.17) is 14.2 Å². The summed E-state index contributed by atoms with van der Waals surface area (Å²) >= 11 is 1.70. The van der Waals surface area contributed by atoms with Crippen LogP contribution in [0.15, 0.2) is 40.6 Å². The summed E-state index contributed by atoms with van der Waals surface area (Å²) in [6, 6.07) is 8.30. The molecule has 1 aliphatic carbocycles. The molecular weight excluding hydrogens is 608 g/mol. The summed E-state index contributed by atoms with van der Waals surface area (Å²) in [4.78, 5) is 26.0. The number of thiophene rings is 1. The molecule has 5 rings (SSSR count).